The van der Waals surface area contributed by atoms with Crippen LogP contribution >= 0.6 is 12.2 Å². The molecule has 96 valence electrons. The normalized spacial score (nSPS) is 14.8. The Hall–Kier alpha value is -0.200. The fraction of sp³-hybridized carbons (Fsp3) is 0.900. The van der Waals surface area contributed by atoms with E-state index in [1.807, 2.05) is 20.8 Å². The zero-order valence-electron chi connectivity index (χ0n) is 10.4. The lowest BCUT2D eigenvalue weighted by molar-refractivity contribution is 0.350. The Bertz CT molecular complexity index is 337. The first-order valence-corrected chi connectivity index (χ1v) is 7.39. The summed E-state index contributed by atoms with van der Waals surface area (Å²) in [6, 6.07) is 0. The van der Waals surface area contributed by atoms with Crippen molar-refractivity contribution in [2.24, 2.45) is 11.1 Å². The summed E-state index contributed by atoms with van der Waals surface area (Å²) >= 11 is 4.76. The van der Waals surface area contributed by atoms with Crippen molar-refractivity contribution < 1.29 is 8.42 Å². The lowest BCUT2D eigenvalue weighted by atomic mass is 9.91. The summed E-state index contributed by atoms with van der Waals surface area (Å²) < 4.78 is 26.4. The highest BCUT2D eigenvalue weighted by Gasteiger charge is 2.28. The van der Waals surface area contributed by atoms with Crippen LogP contribution in [-0.4, -0.2) is 25.2 Å². The molecule has 16 heavy (non-hydrogen) atoms. The van der Waals surface area contributed by atoms with Gasteiger partial charge in [-0.25, -0.2) is 13.1 Å². The molecule has 0 bridgehead atoms. The number of thiocarbonyl (C=S) groups is 1. The molecule has 0 aliphatic heterocycles. The van der Waals surface area contributed by atoms with Crippen LogP contribution in [0.25, 0.3) is 0 Å². The molecule has 0 rings (SSSR count). The first kappa shape index (κ1) is 15.8. The van der Waals surface area contributed by atoms with Gasteiger partial charge in [0.1, 0.15) is 5.25 Å². The minimum atomic E-state index is -3.43. The minimum absolute atomic E-state index is 0.0318. The number of nitrogens with two attached hydrogens (primary N) is 1. The summed E-state index contributed by atoms with van der Waals surface area (Å²) in [5.41, 5.74) is 5.36. The zero-order valence-corrected chi connectivity index (χ0v) is 12.0. The van der Waals surface area contributed by atoms with Gasteiger partial charge in [-0.1, -0.05) is 39.9 Å². The molecule has 0 radical (unpaired) electrons. The number of rotatable bonds is 7. The SMILES string of the molecule is CCC(C(N)=S)S(=O)(=O)NCC(C)(C)CC. The Morgan fingerprint density at radius 1 is 1.44 bits per heavy atom. The van der Waals surface area contributed by atoms with Crippen molar-refractivity contribution in [2.75, 3.05) is 6.54 Å². The van der Waals surface area contributed by atoms with Gasteiger partial charge in [-0.15, -0.1) is 0 Å². The fourth-order valence-electron chi connectivity index (χ4n) is 1.10. The Labute approximate surface area is 104 Å². The van der Waals surface area contributed by atoms with Gasteiger partial charge in [-0.2, -0.15) is 0 Å². The van der Waals surface area contributed by atoms with Crippen LogP contribution in [-0.2, 0) is 10.0 Å². The van der Waals surface area contributed by atoms with E-state index >= 15 is 0 Å². The van der Waals surface area contributed by atoms with Crippen LogP contribution < -0.4 is 10.5 Å². The zero-order chi connectivity index (χ0) is 13.0. The maximum Gasteiger partial charge on any atom is 0.221 e. The number of hydrogen-bond acceptors (Lipinski definition) is 3. The second-order valence-corrected chi connectivity index (χ2v) is 7.10. The summed E-state index contributed by atoms with van der Waals surface area (Å²) in [6.45, 7) is 8.21. The van der Waals surface area contributed by atoms with E-state index in [1.165, 1.54) is 0 Å². The molecule has 6 heteroatoms. The van der Waals surface area contributed by atoms with Crippen molar-refractivity contribution in [3.8, 4) is 0 Å². The van der Waals surface area contributed by atoms with Gasteiger partial charge in [0, 0.05) is 6.54 Å². The molecule has 3 N–H and O–H groups in total. The molecule has 0 saturated carbocycles. The first-order valence-electron chi connectivity index (χ1n) is 5.44. The minimum Gasteiger partial charge on any atom is -0.392 e. The number of sulfonamides is 1. The summed E-state index contributed by atoms with van der Waals surface area (Å²) in [5.74, 6) is 0. The van der Waals surface area contributed by atoms with E-state index in [0.29, 0.717) is 13.0 Å². The van der Waals surface area contributed by atoms with Gasteiger partial charge >= 0.3 is 0 Å². The second-order valence-electron chi connectivity index (χ2n) is 4.68. The molecule has 0 spiro atoms. The molecule has 1 atom stereocenters. The molecule has 0 fully saturated rings. The highest BCUT2D eigenvalue weighted by atomic mass is 32.2. The van der Waals surface area contributed by atoms with Crippen molar-refractivity contribution in [3.63, 3.8) is 0 Å². The lowest BCUT2D eigenvalue weighted by Crippen LogP contribution is -2.44. The monoisotopic (exact) mass is 266 g/mol. The third-order valence-corrected chi connectivity index (χ3v) is 5.09. The van der Waals surface area contributed by atoms with Crippen molar-refractivity contribution in [1.29, 1.82) is 0 Å². The summed E-state index contributed by atoms with van der Waals surface area (Å²) in [4.78, 5) is 0.0318. The number of hydrogen-bond donors (Lipinski definition) is 2. The largest absolute Gasteiger partial charge is 0.392 e. The van der Waals surface area contributed by atoms with E-state index < -0.39 is 15.3 Å². The first-order chi connectivity index (χ1) is 7.16. The van der Waals surface area contributed by atoms with Crippen LogP contribution in [0.3, 0.4) is 0 Å². The van der Waals surface area contributed by atoms with Gasteiger partial charge in [0.05, 0.1) is 4.99 Å². The Morgan fingerprint density at radius 2 is 1.94 bits per heavy atom. The highest BCUT2D eigenvalue weighted by Crippen LogP contribution is 2.18. The molecular formula is C10H22N2O2S2. The Kier molecular flexibility index (Phi) is 5.86. The number of nitrogens with one attached hydrogen (secondary N) is 1. The van der Waals surface area contributed by atoms with Crippen molar-refractivity contribution in [1.82, 2.24) is 4.72 Å². The molecule has 0 aliphatic carbocycles. The summed E-state index contributed by atoms with van der Waals surface area (Å²) in [5, 5.41) is -0.768. The maximum absolute atomic E-state index is 11.9. The molecule has 0 aromatic heterocycles. The fourth-order valence-corrected chi connectivity index (χ4v) is 3.18. The van der Waals surface area contributed by atoms with E-state index in [1.54, 1.807) is 6.92 Å². The third-order valence-electron chi connectivity index (χ3n) is 2.77. The predicted molar refractivity (Wildman–Crippen MR) is 71.9 cm³/mol. The molecule has 1 unspecified atom stereocenters. The van der Waals surface area contributed by atoms with Crippen LogP contribution in [0, 0.1) is 5.41 Å². The molecule has 0 heterocycles. The van der Waals surface area contributed by atoms with E-state index in [0.717, 1.165) is 6.42 Å². The van der Waals surface area contributed by atoms with Gasteiger partial charge in [0.25, 0.3) is 0 Å². The maximum atomic E-state index is 11.9. The Balaban J connectivity index is 4.64. The van der Waals surface area contributed by atoms with Crippen molar-refractivity contribution >= 4 is 27.2 Å². The summed E-state index contributed by atoms with van der Waals surface area (Å²) in [6.07, 6.45) is 1.30. The van der Waals surface area contributed by atoms with Gasteiger partial charge in [0.2, 0.25) is 10.0 Å². The van der Waals surface area contributed by atoms with E-state index in [2.05, 4.69) is 4.72 Å². The highest BCUT2D eigenvalue weighted by molar-refractivity contribution is 7.93. The van der Waals surface area contributed by atoms with Crippen molar-refractivity contribution in [2.45, 2.75) is 45.8 Å². The smallest absolute Gasteiger partial charge is 0.221 e. The quantitative estimate of drug-likeness (QED) is 0.683. The lowest BCUT2D eigenvalue weighted by Gasteiger charge is -2.24. The van der Waals surface area contributed by atoms with Gasteiger partial charge < -0.3 is 5.73 Å². The van der Waals surface area contributed by atoms with Gasteiger partial charge in [0.15, 0.2) is 0 Å². The predicted octanol–water partition coefficient (Wildman–Crippen LogP) is 1.41. The molecule has 0 aromatic rings. The average Bonchev–Trinajstić information content (AvgIpc) is 2.15. The van der Waals surface area contributed by atoms with Crippen LogP contribution in [0.15, 0.2) is 0 Å². The van der Waals surface area contributed by atoms with Gasteiger partial charge in [-0.3, -0.25) is 0 Å². The second kappa shape index (κ2) is 5.93. The van der Waals surface area contributed by atoms with E-state index in [4.69, 9.17) is 18.0 Å². The molecule has 0 aromatic carbocycles. The molecule has 0 aliphatic rings. The van der Waals surface area contributed by atoms with Crippen LogP contribution in [0.2, 0.25) is 0 Å². The molecule has 4 nitrogen and oxygen atoms in total. The van der Waals surface area contributed by atoms with Crippen LogP contribution in [0.4, 0.5) is 0 Å². The topological polar surface area (TPSA) is 72.2 Å². The molecular weight excluding hydrogens is 244 g/mol. The average molecular weight is 266 g/mol. The Morgan fingerprint density at radius 3 is 2.25 bits per heavy atom. The molecule has 0 saturated heterocycles. The van der Waals surface area contributed by atoms with Crippen molar-refractivity contribution in [3.05, 3.63) is 0 Å². The standard InChI is InChI=1S/C10H22N2O2S2/c1-5-8(9(11)15)16(13,14)12-7-10(3,4)6-2/h8,12H,5-7H2,1-4H3,(H2,11,15). The summed E-state index contributed by atoms with van der Waals surface area (Å²) in [7, 11) is -3.43. The third kappa shape index (κ3) is 4.76. The van der Waals surface area contributed by atoms with E-state index in [9.17, 15) is 8.42 Å². The van der Waals surface area contributed by atoms with Crippen LogP contribution in [0.5, 0.6) is 0 Å². The van der Waals surface area contributed by atoms with Gasteiger partial charge in [-0.05, 0) is 18.3 Å². The van der Waals surface area contributed by atoms with Crippen LogP contribution in [0.1, 0.15) is 40.5 Å². The molecule has 0 amide bonds. The van der Waals surface area contributed by atoms with E-state index in [-0.39, 0.29) is 10.4 Å².